The molecule has 0 aromatic carbocycles. The van der Waals surface area contributed by atoms with Gasteiger partial charge in [0.05, 0.1) is 5.25 Å². The van der Waals surface area contributed by atoms with Gasteiger partial charge in [0.1, 0.15) is 0 Å². The molecule has 0 bridgehead atoms. The molecule has 0 aromatic heterocycles. The predicted octanol–water partition coefficient (Wildman–Crippen LogP) is 1.82. The molecular formula is C7H10OS2. The van der Waals surface area contributed by atoms with E-state index in [4.69, 9.17) is 0 Å². The molecule has 0 aliphatic heterocycles. The van der Waals surface area contributed by atoms with Gasteiger partial charge in [-0.05, 0) is 24.3 Å². The van der Waals surface area contributed by atoms with Crippen LogP contribution in [0.2, 0.25) is 0 Å². The number of thiocarbonyl (C=S) groups is 1. The van der Waals surface area contributed by atoms with Crippen molar-refractivity contribution in [1.29, 1.82) is 0 Å². The first-order chi connectivity index (χ1) is 4.72. The summed E-state index contributed by atoms with van der Waals surface area (Å²) in [5, 5.41) is 1.39. The highest BCUT2D eigenvalue weighted by Crippen LogP contribution is 2.05. The number of carbonyl (C=O) groups is 1. The predicted molar refractivity (Wildman–Crippen MR) is 50.9 cm³/mol. The van der Waals surface area contributed by atoms with Gasteiger partial charge in [-0.3, -0.25) is 4.79 Å². The van der Waals surface area contributed by atoms with Crippen molar-refractivity contribution in [3.8, 4) is 0 Å². The zero-order chi connectivity index (χ0) is 7.98. The van der Waals surface area contributed by atoms with E-state index in [0.29, 0.717) is 6.42 Å². The lowest BCUT2D eigenvalue weighted by Crippen LogP contribution is -2.10. The van der Waals surface area contributed by atoms with Crippen molar-refractivity contribution in [2.45, 2.75) is 18.1 Å². The Balaban J connectivity index is 3.60. The van der Waals surface area contributed by atoms with Crippen LogP contribution in [-0.4, -0.2) is 16.4 Å². The van der Waals surface area contributed by atoms with Crippen LogP contribution in [0.1, 0.15) is 12.8 Å². The number of thiol groups is 1. The van der Waals surface area contributed by atoms with E-state index in [-0.39, 0.29) is 11.0 Å². The Morgan fingerprint density at radius 2 is 2.40 bits per heavy atom. The van der Waals surface area contributed by atoms with E-state index in [1.54, 1.807) is 5.37 Å². The Morgan fingerprint density at radius 1 is 1.80 bits per heavy atom. The molecular weight excluding hydrogens is 164 g/mol. The molecule has 0 fully saturated rings. The smallest absolute Gasteiger partial charge is 0.167 e. The molecule has 10 heavy (non-hydrogen) atoms. The van der Waals surface area contributed by atoms with Crippen LogP contribution in [0.5, 0.6) is 0 Å². The zero-order valence-electron chi connectivity index (χ0n) is 5.62. The molecule has 3 heteroatoms. The first-order valence-corrected chi connectivity index (χ1v) is 3.99. The normalized spacial score (nSPS) is 12.1. The van der Waals surface area contributed by atoms with Gasteiger partial charge in [-0.25, -0.2) is 0 Å². The molecule has 1 nitrogen and oxygen atoms in total. The van der Waals surface area contributed by atoms with Crippen LogP contribution in [0.15, 0.2) is 12.7 Å². The van der Waals surface area contributed by atoms with Gasteiger partial charge in [-0.15, -0.1) is 0 Å². The molecule has 0 aliphatic rings. The first kappa shape index (κ1) is 9.85. The summed E-state index contributed by atoms with van der Waals surface area (Å²) in [5.74, 6) is -0.0276. The number of carbonyl (C=O) groups excluding carboxylic acids is 1. The van der Waals surface area contributed by atoms with Crippen LogP contribution >= 0.6 is 24.8 Å². The summed E-state index contributed by atoms with van der Waals surface area (Å²) in [6, 6.07) is 0. The third-order valence-corrected chi connectivity index (χ3v) is 1.84. The SMILES string of the molecule is C=CC(=O)C(S)CCC=S. The molecule has 0 aliphatic carbocycles. The molecule has 0 spiro atoms. The van der Waals surface area contributed by atoms with E-state index in [1.165, 1.54) is 6.08 Å². The second-order valence-corrected chi connectivity index (χ2v) is 2.82. The minimum absolute atomic E-state index is 0.0276. The lowest BCUT2D eigenvalue weighted by atomic mass is 10.2. The Labute approximate surface area is 71.9 Å². The maximum Gasteiger partial charge on any atom is 0.167 e. The van der Waals surface area contributed by atoms with Gasteiger partial charge in [0, 0.05) is 0 Å². The first-order valence-electron chi connectivity index (χ1n) is 3.00. The van der Waals surface area contributed by atoms with Crippen molar-refractivity contribution in [3.05, 3.63) is 12.7 Å². The summed E-state index contributed by atoms with van der Waals surface area (Å²) in [6.45, 7) is 3.36. The van der Waals surface area contributed by atoms with Gasteiger partial charge in [0.2, 0.25) is 0 Å². The van der Waals surface area contributed by atoms with Crippen LogP contribution in [0.3, 0.4) is 0 Å². The number of allylic oxidation sites excluding steroid dienone is 1. The van der Waals surface area contributed by atoms with Gasteiger partial charge in [0.25, 0.3) is 0 Å². The van der Waals surface area contributed by atoms with Crippen molar-refractivity contribution >= 4 is 36.0 Å². The fourth-order valence-corrected chi connectivity index (χ4v) is 0.895. The summed E-state index contributed by atoms with van der Waals surface area (Å²) in [6.07, 6.45) is 2.75. The van der Waals surface area contributed by atoms with Crippen LogP contribution < -0.4 is 0 Å². The molecule has 1 atom stereocenters. The number of hydrogen-bond acceptors (Lipinski definition) is 3. The van der Waals surface area contributed by atoms with Gasteiger partial charge < -0.3 is 0 Å². The number of hydrogen-bond donors (Lipinski definition) is 1. The fourth-order valence-electron chi connectivity index (χ4n) is 0.504. The second-order valence-electron chi connectivity index (χ2n) is 1.87. The molecule has 0 saturated heterocycles. The number of rotatable bonds is 5. The molecule has 0 aromatic rings. The van der Waals surface area contributed by atoms with E-state index < -0.39 is 0 Å². The summed E-state index contributed by atoms with van der Waals surface area (Å²) in [7, 11) is 0. The van der Waals surface area contributed by atoms with Crippen LogP contribution in [0.25, 0.3) is 0 Å². The lowest BCUT2D eigenvalue weighted by molar-refractivity contribution is -0.114. The lowest BCUT2D eigenvalue weighted by Gasteiger charge is -2.02. The summed E-state index contributed by atoms with van der Waals surface area (Å²) in [5.41, 5.74) is 0. The minimum atomic E-state index is -0.225. The molecule has 1 unspecified atom stereocenters. The highest BCUT2D eigenvalue weighted by molar-refractivity contribution is 7.81. The van der Waals surface area contributed by atoms with Gasteiger partial charge in [-0.1, -0.05) is 18.8 Å². The van der Waals surface area contributed by atoms with Crippen molar-refractivity contribution in [2.75, 3.05) is 0 Å². The van der Waals surface area contributed by atoms with Crippen LogP contribution in [-0.2, 0) is 4.79 Å². The van der Waals surface area contributed by atoms with Gasteiger partial charge in [0.15, 0.2) is 5.78 Å². The summed E-state index contributed by atoms with van der Waals surface area (Å²) in [4.78, 5) is 10.8. The Morgan fingerprint density at radius 3 is 2.80 bits per heavy atom. The van der Waals surface area contributed by atoms with Crippen LogP contribution in [0.4, 0.5) is 0 Å². The highest BCUT2D eigenvalue weighted by Gasteiger charge is 2.07. The quantitative estimate of drug-likeness (QED) is 0.389. The van der Waals surface area contributed by atoms with Gasteiger partial charge in [-0.2, -0.15) is 12.6 Å². The average molecular weight is 174 g/mol. The second kappa shape index (κ2) is 5.62. The van der Waals surface area contributed by atoms with Crippen molar-refractivity contribution in [3.63, 3.8) is 0 Å². The zero-order valence-corrected chi connectivity index (χ0v) is 7.33. The molecule has 0 heterocycles. The van der Waals surface area contributed by atoms with E-state index in [0.717, 1.165) is 6.42 Å². The average Bonchev–Trinajstić information content (AvgIpc) is 1.98. The Bertz CT molecular complexity index is 143. The van der Waals surface area contributed by atoms with Crippen molar-refractivity contribution in [2.24, 2.45) is 0 Å². The molecule has 0 rings (SSSR count). The third-order valence-electron chi connectivity index (χ3n) is 1.09. The topological polar surface area (TPSA) is 17.1 Å². The highest BCUT2D eigenvalue weighted by atomic mass is 32.1. The fraction of sp³-hybridized carbons (Fsp3) is 0.429. The Hall–Kier alpha value is -0.150. The van der Waals surface area contributed by atoms with Crippen molar-refractivity contribution < 1.29 is 4.79 Å². The van der Waals surface area contributed by atoms with E-state index in [2.05, 4.69) is 31.4 Å². The molecule has 0 saturated carbocycles. The largest absolute Gasteiger partial charge is 0.294 e. The molecule has 56 valence electrons. The number of ketones is 1. The maximum atomic E-state index is 10.8. The van der Waals surface area contributed by atoms with Crippen LogP contribution in [0, 0.1) is 0 Å². The van der Waals surface area contributed by atoms with Gasteiger partial charge >= 0.3 is 0 Å². The maximum absolute atomic E-state index is 10.8. The van der Waals surface area contributed by atoms with E-state index in [1.807, 2.05) is 0 Å². The molecule has 0 amide bonds. The summed E-state index contributed by atoms with van der Waals surface area (Å²) >= 11 is 8.65. The van der Waals surface area contributed by atoms with E-state index in [9.17, 15) is 4.79 Å². The monoisotopic (exact) mass is 174 g/mol. The van der Waals surface area contributed by atoms with E-state index >= 15 is 0 Å². The van der Waals surface area contributed by atoms with Crippen molar-refractivity contribution in [1.82, 2.24) is 0 Å². The third kappa shape index (κ3) is 3.80. The molecule has 0 radical (unpaired) electrons. The standard InChI is InChI=1S/C7H10OS2/c1-2-6(8)7(10)4-3-5-9/h2,5,7,10H,1,3-4H2. The summed E-state index contributed by atoms with van der Waals surface area (Å²) < 4.78 is 0. The Kier molecular flexibility index (Phi) is 5.54. The molecule has 0 N–H and O–H groups in total. The minimum Gasteiger partial charge on any atom is -0.294 e.